The van der Waals surface area contributed by atoms with Gasteiger partial charge in [0.15, 0.2) is 12.2 Å². The molecule has 0 bridgehead atoms. The Hall–Kier alpha value is -2.69. The van der Waals surface area contributed by atoms with Crippen LogP contribution in [0.15, 0.2) is 35.2 Å². The molecule has 0 radical (unpaired) electrons. The van der Waals surface area contributed by atoms with E-state index in [2.05, 4.69) is 0 Å². The molecule has 1 spiro atoms. The Morgan fingerprint density at radius 3 is 2.65 bits per heavy atom. The second-order valence-corrected chi connectivity index (χ2v) is 10.9. The van der Waals surface area contributed by atoms with Crippen LogP contribution in [0.4, 0.5) is 0 Å². The maximum atomic E-state index is 12.9. The molecule has 3 aliphatic heterocycles. The fourth-order valence-corrected chi connectivity index (χ4v) is 7.31. The minimum absolute atomic E-state index is 0.0855. The van der Waals surface area contributed by atoms with Crippen LogP contribution in [0.25, 0.3) is 0 Å². The van der Waals surface area contributed by atoms with Crippen molar-refractivity contribution < 1.29 is 47.6 Å². The highest BCUT2D eigenvalue weighted by Crippen LogP contribution is 2.72. The molecule has 5 rings (SSSR count). The highest BCUT2D eigenvalue weighted by Gasteiger charge is 2.85. The van der Waals surface area contributed by atoms with Crippen LogP contribution in [0.5, 0.6) is 0 Å². The third-order valence-electron chi connectivity index (χ3n) is 9.31. The number of furan rings is 1. The van der Waals surface area contributed by atoms with Gasteiger partial charge in [-0.05, 0) is 49.1 Å². The lowest BCUT2D eigenvalue weighted by atomic mass is 9.50. The van der Waals surface area contributed by atoms with Gasteiger partial charge in [0.2, 0.25) is 5.79 Å². The summed E-state index contributed by atoms with van der Waals surface area (Å²) in [5, 5.41) is 12.5. The van der Waals surface area contributed by atoms with Crippen LogP contribution >= 0.6 is 0 Å². The predicted octanol–water partition coefficient (Wildman–Crippen LogP) is 2.49. The molecule has 0 amide bonds. The van der Waals surface area contributed by atoms with Gasteiger partial charge in [0, 0.05) is 13.0 Å². The highest BCUT2D eigenvalue weighted by molar-refractivity contribution is 5.83. The van der Waals surface area contributed by atoms with Crippen LogP contribution in [0, 0.1) is 23.2 Å². The maximum absolute atomic E-state index is 12.9. The van der Waals surface area contributed by atoms with Gasteiger partial charge in [-0.3, -0.25) is 4.79 Å². The first kappa shape index (κ1) is 25.9. The molecule has 1 N–H and O–H groups in total. The molecule has 3 fully saturated rings. The monoisotopic (exact) mass is 518 g/mol. The average Bonchev–Trinajstić information content (AvgIpc) is 3.21. The van der Waals surface area contributed by atoms with Gasteiger partial charge < -0.3 is 33.2 Å². The van der Waals surface area contributed by atoms with Gasteiger partial charge in [-0.15, -0.1) is 0 Å². The number of ether oxygens (including phenoxy) is 5. The number of carbonyl (C=O) groups excluding carboxylic acids is 3. The molecule has 4 heterocycles. The standard InChI is InChI=1S/C27H34O10/c1-14(17-10-11-33-12-17)20-8-6-18-13-34-27(31,25(18,4)26(20)23(37-26)24(30)32-5)22(36-16(3)28)19-7-9-21(29)35-15(19)2/h7,9-12,14-15,18-20,22-23,31H,6,8,13H2,1-5H3/t14?,15-,18?,19+,20?,22-,23?,25?,26+,27+/m1/s1. The van der Waals surface area contributed by atoms with Crippen molar-refractivity contribution >= 4 is 17.9 Å². The molecule has 1 aliphatic carbocycles. The molecule has 1 aromatic heterocycles. The summed E-state index contributed by atoms with van der Waals surface area (Å²) in [5.74, 6) is -4.94. The Bertz CT molecular complexity index is 1100. The van der Waals surface area contributed by atoms with Gasteiger partial charge in [-0.25, -0.2) is 9.59 Å². The topological polar surface area (TPSA) is 134 Å². The zero-order valence-corrected chi connectivity index (χ0v) is 21.7. The number of hydrogen-bond donors (Lipinski definition) is 1. The van der Waals surface area contributed by atoms with Crippen LogP contribution in [0.3, 0.4) is 0 Å². The Morgan fingerprint density at radius 1 is 1.27 bits per heavy atom. The fourth-order valence-electron chi connectivity index (χ4n) is 7.31. The van der Waals surface area contributed by atoms with Crippen LogP contribution in [0.2, 0.25) is 0 Å². The van der Waals surface area contributed by atoms with E-state index in [4.69, 9.17) is 28.1 Å². The van der Waals surface area contributed by atoms with E-state index in [0.29, 0.717) is 6.42 Å². The average molecular weight is 519 g/mol. The van der Waals surface area contributed by atoms with Crippen molar-refractivity contribution in [3.8, 4) is 0 Å². The number of epoxide rings is 1. The zero-order chi connectivity index (χ0) is 26.8. The molecular weight excluding hydrogens is 484 g/mol. The van der Waals surface area contributed by atoms with E-state index >= 15 is 0 Å². The van der Waals surface area contributed by atoms with E-state index < -0.39 is 58.9 Å². The smallest absolute Gasteiger partial charge is 0.338 e. The van der Waals surface area contributed by atoms with Crippen LogP contribution < -0.4 is 0 Å². The molecular formula is C27H34O10. The van der Waals surface area contributed by atoms with E-state index in [0.717, 1.165) is 12.0 Å². The number of cyclic esters (lactones) is 1. The van der Waals surface area contributed by atoms with E-state index in [1.807, 2.05) is 19.9 Å². The van der Waals surface area contributed by atoms with Crippen LogP contribution in [-0.4, -0.2) is 66.4 Å². The number of methoxy groups -OCH3 is 1. The number of hydrogen-bond acceptors (Lipinski definition) is 10. The summed E-state index contributed by atoms with van der Waals surface area (Å²) in [6.45, 7) is 7.00. The first-order valence-corrected chi connectivity index (χ1v) is 12.7. The van der Waals surface area contributed by atoms with Crippen LogP contribution in [-0.2, 0) is 38.1 Å². The minimum atomic E-state index is -2.06. The number of rotatable bonds is 6. The lowest BCUT2D eigenvalue weighted by Gasteiger charge is -2.55. The van der Waals surface area contributed by atoms with Crippen LogP contribution in [0.1, 0.15) is 52.0 Å². The van der Waals surface area contributed by atoms with E-state index in [9.17, 15) is 19.5 Å². The summed E-state index contributed by atoms with van der Waals surface area (Å²) < 4.78 is 34.1. The molecule has 10 heteroatoms. The highest BCUT2D eigenvalue weighted by atomic mass is 16.7. The molecule has 202 valence electrons. The molecule has 37 heavy (non-hydrogen) atoms. The summed E-state index contributed by atoms with van der Waals surface area (Å²) in [4.78, 5) is 37.1. The van der Waals surface area contributed by atoms with Gasteiger partial charge in [0.1, 0.15) is 11.7 Å². The van der Waals surface area contributed by atoms with Crippen molar-refractivity contribution in [2.75, 3.05) is 13.7 Å². The summed E-state index contributed by atoms with van der Waals surface area (Å²) in [6, 6.07) is 1.88. The number of esters is 3. The summed E-state index contributed by atoms with van der Waals surface area (Å²) >= 11 is 0. The quantitative estimate of drug-likeness (QED) is 0.340. The first-order valence-electron chi connectivity index (χ1n) is 12.7. The molecule has 4 aliphatic rings. The Labute approximate surface area is 215 Å². The number of aliphatic hydroxyl groups is 1. The second kappa shape index (κ2) is 8.96. The molecule has 0 aromatic carbocycles. The van der Waals surface area contributed by atoms with Crippen molar-refractivity contribution in [2.45, 2.75) is 76.2 Å². The fraction of sp³-hybridized carbons (Fsp3) is 0.667. The van der Waals surface area contributed by atoms with E-state index in [1.165, 1.54) is 20.1 Å². The molecule has 5 unspecified atom stereocenters. The van der Waals surface area contributed by atoms with Crippen molar-refractivity contribution in [2.24, 2.45) is 23.2 Å². The molecule has 2 saturated heterocycles. The third-order valence-corrected chi connectivity index (χ3v) is 9.31. The molecule has 1 saturated carbocycles. The van der Waals surface area contributed by atoms with Gasteiger partial charge >= 0.3 is 17.9 Å². The van der Waals surface area contributed by atoms with Crippen molar-refractivity contribution in [1.82, 2.24) is 0 Å². The van der Waals surface area contributed by atoms with Crippen molar-refractivity contribution in [1.29, 1.82) is 0 Å². The Balaban J connectivity index is 1.64. The third kappa shape index (κ3) is 3.59. The minimum Gasteiger partial charge on any atom is -0.472 e. The van der Waals surface area contributed by atoms with Crippen molar-refractivity contribution in [3.05, 3.63) is 36.3 Å². The molecule has 10 atom stereocenters. The van der Waals surface area contributed by atoms with E-state index in [1.54, 1.807) is 25.5 Å². The molecule has 10 nitrogen and oxygen atoms in total. The van der Waals surface area contributed by atoms with Gasteiger partial charge in [-0.1, -0.05) is 19.9 Å². The van der Waals surface area contributed by atoms with Gasteiger partial charge in [0.25, 0.3) is 0 Å². The first-order chi connectivity index (χ1) is 17.5. The maximum Gasteiger partial charge on any atom is 0.338 e. The zero-order valence-electron chi connectivity index (χ0n) is 21.7. The lowest BCUT2D eigenvalue weighted by Crippen LogP contribution is -2.68. The van der Waals surface area contributed by atoms with Gasteiger partial charge in [0.05, 0.1) is 37.6 Å². The normalized spacial score (nSPS) is 42.0. The summed E-state index contributed by atoms with van der Waals surface area (Å²) in [6.07, 6.45) is 4.64. The molecule has 1 aromatic rings. The van der Waals surface area contributed by atoms with Gasteiger partial charge in [-0.2, -0.15) is 0 Å². The second-order valence-electron chi connectivity index (χ2n) is 10.9. The van der Waals surface area contributed by atoms with Crippen molar-refractivity contribution in [3.63, 3.8) is 0 Å². The number of carbonyl (C=O) groups is 3. The predicted molar refractivity (Wildman–Crippen MR) is 126 cm³/mol. The Kier molecular flexibility index (Phi) is 6.28. The lowest BCUT2D eigenvalue weighted by molar-refractivity contribution is -0.310. The SMILES string of the molecule is COC(=O)C1O[C@@]12C(C(C)c1ccoc1)CCC1CO[C@@](O)([C@H](OC(C)=O)[C@H]3C=CC(=O)O[C@@H]3C)C12C. The largest absolute Gasteiger partial charge is 0.472 e. The summed E-state index contributed by atoms with van der Waals surface area (Å²) in [5.41, 5.74) is -1.41. The number of fused-ring (bicyclic) bond motifs is 2. The van der Waals surface area contributed by atoms with E-state index in [-0.39, 0.29) is 24.4 Å². The summed E-state index contributed by atoms with van der Waals surface area (Å²) in [7, 11) is 1.30. The Morgan fingerprint density at radius 2 is 2.03 bits per heavy atom.